The van der Waals surface area contributed by atoms with Gasteiger partial charge in [-0.25, -0.2) is 13.6 Å². The largest absolute Gasteiger partial charge is 0.495 e. The summed E-state index contributed by atoms with van der Waals surface area (Å²) >= 11 is 3.35. The molecule has 0 aliphatic heterocycles. The summed E-state index contributed by atoms with van der Waals surface area (Å²) < 4.78 is 29.0. The van der Waals surface area contributed by atoms with E-state index in [1.165, 1.54) is 31.4 Å². The van der Waals surface area contributed by atoms with Crippen LogP contribution < -0.4 is 9.88 Å². The first-order chi connectivity index (χ1) is 10.8. The van der Waals surface area contributed by atoms with Crippen LogP contribution in [0.25, 0.3) is 6.08 Å². The fourth-order valence-electron chi connectivity index (χ4n) is 1.93. The van der Waals surface area contributed by atoms with E-state index in [2.05, 4.69) is 15.9 Å². The van der Waals surface area contributed by atoms with Crippen molar-refractivity contribution in [1.82, 2.24) is 0 Å². The topological polar surface area (TPSA) is 86.5 Å². The van der Waals surface area contributed by atoms with Crippen LogP contribution in [0.3, 0.4) is 0 Å². The summed E-state index contributed by atoms with van der Waals surface area (Å²) in [6, 6.07) is 11.5. The minimum atomic E-state index is -3.98. The highest BCUT2D eigenvalue weighted by Crippen LogP contribution is 2.24. The molecule has 2 rings (SSSR count). The molecule has 0 aromatic heterocycles. The number of hydrogen-bond donors (Lipinski definition) is 1. The third kappa shape index (κ3) is 4.51. The fourth-order valence-corrected chi connectivity index (χ4v) is 3.07. The summed E-state index contributed by atoms with van der Waals surface area (Å²) in [5.74, 6) is -0.238. The molecule has 5 nitrogen and oxygen atoms in total. The van der Waals surface area contributed by atoms with Crippen LogP contribution in [0.4, 0.5) is 0 Å². The molecule has 0 amide bonds. The Bertz CT molecular complexity index is 875. The van der Waals surface area contributed by atoms with Crippen LogP contribution >= 0.6 is 15.9 Å². The van der Waals surface area contributed by atoms with Gasteiger partial charge in [0.15, 0.2) is 5.78 Å². The van der Waals surface area contributed by atoms with Crippen molar-refractivity contribution in [3.05, 3.63) is 64.1 Å². The average Bonchev–Trinajstić information content (AvgIpc) is 2.51. The number of rotatable bonds is 5. The number of sulfonamides is 1. The number of primary sulfonamides is 1. The van der Waals surface area contributed by atoms with Gasteiger partial charge in [0.2, 0.25) is 10.0 Å². The first-order valence-electron chi connectivity index (χ1n) is 6.50. The van der Waals surface area contributed by atoms with Crippen molar-refractivity contribution in [3.8, 4) is 5.75 Å². The summed E-state index contributed by atoms with van der Waals surface area (Å²) in [6.45, 7) is 0. The van der Waals surface area contributed by atoms with Gasteiger partial charge in [-0.05, 0) is 42.0 Å². The van der Waals surface area contributed by atoms with Gasteiger partial charge < -0.3 is 4.74 Å². The molecule has 0 unspecified atom stereocenters. The van der Waals surface area contributed by atoms with Gasteiger partial charge in [-0.15, -0.1) is 0 Å². The molecule has 2 N–H and O–H groups in total. The molecule has 0 radical (unpaired) electrons. The van der Waals surface area contributed by atoms with E-state index >= 15 is 0 Å². The standard InChI is InChI=1S/C16H14BrNO4S/c1-22-15-8-6-12(10-16(15)23(18,20)21)14(19)7-5-11-3-2-4-13(17)9-11/h2-10H,1H3,(H2,18,20,21)/b7-5+. The van der Waals surface area contributed by atoms with Gasteiger partial charge in [0.05, 0.1) is 7.11 Å². The van der Waals surface area contributed by atoms with E-state index in [0.717, 1.165) is 10.0 Å². The van der Waals surface area contributed by atoms with E-state index in [-0.39, 0.29) is 22.0 Å². The number of methoxy groups -OCH3 is 1. The molecule has 0 spiro atoms. The summed E-state index contributed by atoms with van der Waals surface area (Å²) in [5.41, 5.74) is 1.05. The van der Waals surface area contributed by atoms with Crippen molar-refractivity contribution in [1.29, 1.82) is 0 Å². The van der Waals surface area contributed by atoms with Crippen molar-refractivity contribution >= 4 is 37.8 Å². The van der Waals surface area contributed by atoms with Crippen LogP contribution in [0.15, 0.2) is 57.9 Å². The lowest BCUT2D eigenvalue weighted by molar-refractivity contribution is 0.104. The lowest BCUT2D eigenvalue weighted by atomic mass is 10.1. The second kappa shape index (κ2) is 7.08. The molecule has 120 valence electrons. The van der Waals surface area contributed by atoms with Crippen LogP contribution in [0.2, 0.25) is 0 Å². The summed E-state index contributed by atoms with van der Waals surface area (Å²) in [4.78, 5) is 12.0. The highest BCUT2D eigenvalue weighted by atomic mass is 79.9. The molecule has 0 saturated heterocycles. The third-order valence-electron chi connectivity index (χ3n) is 3.03. The van der Waals surface area contributed by atoms with E-state index in [1.54, 1.807) is 6.08 Å². The molecule has 7 heteroatoms. The quantitative estimate of drug-likeness (QED) is 0.622. The number of halogens is 1. The second-order valence-corrected chi connectivity index (χ2v) is 7.11. The molecular formula is C16H14BrNO4S. The Morgan fingerprint density at radius 3 is 2.57 bits per heavy atom. The molecule has 2 aromatic rings. The van der Waals surface area contributed by atoms with Gasteiger partial charge in [0.1, 0.15) is 10.6 Å². The molecular weight excluding hydrogens is 382 g/mol. The molecule has 0 aliphatic carbocycles. The molecule has 0 heterocycles. The van der Waals surface area contributed by atoms with Crippen molar-refractivity contribution < 1.29 is 17.9 Å². The fraction of sp³-hybridized carbons (Fsp3) is 0.0625. The highest BCUT2D eigenvalue weighted by Gasteiger charge is 2.17. The second-order valence-electron chi connectivity index (χ2n) is 4.66. The van der Waals surface area contributed by atoms with E-state index in [4.69, 9.17) is 9.88 Å². The number of ketones is 1. The first kappa shape index (κ1) is 17.4. The minimum absolute atomic E-state index is 0.0972. The van der Waals surface area contributed by atoms with Crippen LogP contribution in [0.1, 0.15) is 15.9 Å². The molecule has 0 bridgehead atoms. The molecule has 2 aromatic carbocycles. The number of allylic oxidation sites excluding steroid dienone is 1. The van der Waals surface area contributed by atoms with E-state index in [1.807, 2.05) is 24.3 Å². The van der Waals surface area contributed by atoms with Crippen molar-refractivity contribution in [2.45, 2.75) is 4.90 Å². The van der Waals surface area contributed by atoms with Crippen molar-refractivity contribution in [2.75, 3.05) is 7.11 Å². The smallest absolute Gasteiger partial charge is 0.241 e. The van der Waals surface area contributed by atoms with Crippen LogP contribution in [0.5, 0.6) is 5.75 Å². The Kier molecular flexibility index (Phi) is 5.35. The Labute approximate surface area is 143 Å². The lowest BCUT2D eigenvalue weighted by Gasteiger charge is -2.07. The Hall–Kier alpha value is -1.96. The molecule has 0 fully saturated rings. The average molecular weight is 396 g/mol. The van der Waals surface area contributed by atoms with Crippen LogP contribution in [-0.4, -0.2) is 21.3 Å². The maximum Gasteiger partial charge on any atom is 0.241 e. The number of carbonyl (C=O) groups is 1. The van der Waals surface area contributed by atoms with E-state index in [9.17, 15) is 13.2 Å². The Morgan fingerprint density at radius 1 is 1.22 bits per heavy atom. The monoisotopic (exact) mass is 395 g/mol. The van der Waals surface area contributed by atoms with Crippen molar-refractivity contribution in [2.24, 2.45) is 5.14 Å². The zero-order valence-electron chi connectivity index (χ0n) is 12.2. The summed E-state index contributed by atoms with van der Waals surface area (Å²) in [6.07, 6.45) is 3.02. The number of carbonyl (C=O) groups excluding carboxylic acids is 1. The number of hydrogen-bond acceptors (Lipinski definition) is 4. The number of nitrogens with two attached hydrogens (primary N) is 1. The predicted octanol–water partition coefficient (Wildman–Crippen LogP) is 3.00. The SMILES string of the molecule is COc1ccc(C(=O)/C=C/c2cccc(Br)c2)cc1S(N)(=O)=O. The van der Waals surface area contributed by atoms with Gasteiger partial charge >= 0.3 is 0 Å². The zero-order chi connectivity index (χ0) is 17.0. The van der Waals surface area contributed by atoms with Crippen LogP contribution in [-0.2, 0) is 10.0 Å². The Morgan fingerprint density at radius 2 is 1.96 bits per heavy atom. The van der Waals surface area contributed by atoms with Gasteiger partial charge in [-0.3, -0.25) is 4.79 Å². The molecule has 0 aliphatic rings. The van der Waals surface area contributed by atoms with E-state index in [0.29, 0.717) is 0 Å². The van der Waals surface area contributed by atoms with Crippen molar-refractivity contribution in [3.63, 3.8) is 0 Å². The molecule has 0 atom stereocenters. The Balaban J connectivity index is 2.33. The minimum Gasteiger partial charge on any atom is -0.495 e. The van der Waals surface area contributed by atoms with Gasteiger partial charge in [0, 0.05) is 10.0 Å². The summed E-state index contributed by atoms with van der Waals surface area (Å²) in [7, 11) is -2.65. The normalized spacial score (nSPS) is 11.6. The number of ether oxygens (including phenoxy) is 1. The maximum atomic E-state index is 12.2. The maximum absolute atomic E-state index is 12.2. The molecule has 23 heavy (non-hydrogen) atoms. The van der Waals surface area contributed by atoms with Crippen LogP contribution in [0, 0.1) is 0 Å². The van der Waals surface area contributed by atoms with Gasteiger partial charge in [-0.2, -0.15) is 0 Å². The zero-order valence-corrected chi connectivity index (χ0v) is 14.6. The highest BCUT2D eigenvalue weighted by molar-refractivity contribution is 9.10. The van der Waals surface area contributed by atoms with Gasteiger partial charge in [-0.1, -0.05) is 34.1 Å². The lowest BCUT2D eigenvalue weighted by Crippen LogP contribution is -2.14. The predicted molar refractivity (Wildman–Crippen MR) is 91.9 cm³/mol. The number of benzene rings is 2. The third-order valence-corrected chi connectivity index (χ3v) is 4.46. The van der Waals surface area contributed by atoms with E-state index < -0.39 is 10.0 Å². The summed E-state index contributed by atoms with van der Waals surface area (Å²) in [5, 5.41) is 5.14. The first-order valence-corrected chi connectivity index (χ1v) is 8.84. The molecule has 0 saturated carbocycles. The van der Waals surface area contributed by atoms with Gasteiger partial charge in [0.25, 0.3) is 0 Å².